The van der Waals surface area contributed by atoms with E-state index < -0.39 is 0 Å². The van der Waals surface area contributed by atoms with Crippen LogP contribution in [0, 0.1) is 15.3 Å². The van der Waals surface area contributed by atoms with Crippen LogP contribution in [0.2, 0.25) is 0 Å². The van der Waals surface area contributed by atoms with Gasteiger partial charge in [0.05, 0.1) is 48.8 Å². The minimum absolute atomic E-state index is 0.278. The molecule has 53 heavy (non-hydrogen) atoms. The maximum Gasteiger partial charge on any atom is 0.272 e. The molecule has 7 aromatic rings. The molecule has 0 fully saturated rings. The number of nitriles is 1. The zero-order chi connectivity index (χ0) is 38.2. The van der Waals surface area contributed by atoms with Crippen LogP contribution in [0.1, 0.15) is 48.4 Å². The third-order valence-electron chi connectivity index (χ3n) is 6.74. The molecule has 0 aliphatic carbocycles. The third kappa shape index (κ3) is 11.1. The molecule has 2 aliphatic rings. The van der Waals surface area contributed by atoms with Gasteiger partial charge in [-0.3, -0.25) is 29.5 Å². The summed E-state index contributed by atoms with van der Waals surface area (Å²) >= 11 is 14.7. The summed E-state index contributed by atoms with van der Waals surface area (Å²) in [4.78, 5) is 57.8. The van der Waals surface area contributed by atoms with Gasteiger partial charge in [0.15, 0.2) is 8.29 Å². The molecular formula is C37H26Br2N6O4S4. The minimum atomic E-state index is -0.300. The molecule has 0 atom stereocenters. The van der Waals surface area contributed by atoms with Crippen molar-refractivity contribution in [3.63, 3.8) is 0 Å². The van der Waals surface area contributed by atoms with Crippen molar-refractivity contribution in [1.82, 2.24) is 24.6 Å². The number of thiazole rings is 2. The molecule has 16 heteroatoms. The van der Waals surface area contributed by atoms with E-state index in [1.54, 1.807) is 78.3 Å². The highest BCUT2D eigenvalue weighted by molar-refractivity contribution is 9.93. The van der Waals surface area contributed by atoms with E-state index in [4.69, 9.17) is 17.5 Å². The minimum Gasteiger partial charge on any atom is -0.337 e. The Balaban J connectivity index is 0.000000166. The van der Waals surface area contributed by atoms with Gasteiger partial charge in [0.2, 0.25) is 0 Å². The van der Waals surface area contributed by atoms with Crippen LogP contribution >= 0.6 is 75.1 Å². The van der Waals surface area contributed by atoms with Gasteiger partial charge in [0, 0.05) is 59.5 Å². The average molecular weight is 907 g/mol. The van der Waals surface area contributed by atoms with Gasteiger partial charge in [-0.1, -0.05) is 54.6 Å². The van der Waals surface area contributed by atoms with Gasteiger partial charge in [-0.2, -0.15) is 5.26 Å². The number of imide groups is 2. The number of fused-ring (bicyclic) bond motifs is 4. The van der Waals surface area contributed by atoms with E-state index in [-0.39, 0.29) is 23.6 Å². The summed E-state index contributed by atoms with van der Waals surface area (Å²) in [6.45, 7) is 1.43. The molecule has 0 saturated heterocycles. The van der Waals surface area contributed by atoms with E-state index in [0.717, 1.165) is 31.6 Å². The van der Waals surface area contributed by atoms with Crippen LogP contribution in [0.15, 0.2) is 132 Å². The van der Waals surface area contributed by atoms with Crippen LogP contribution in [0.5, 0.6) is 0 Å². The molecule has 0 bridgehead atoms. The Hall–Kier alpha value is -4.89. The number of halogens is 2. The van der Waals surface area contributed by atoms with Gasteiger partial charge < -0.3 is 4.98 Å². The van der Waals surface area contributed by atoms with E-state index in [2.05, 4.69) is 54.6 Å². The normalized spacial score (nSPS) is 11.7. The number of benzene rings is 4. The molecule has 0 radical (unpaired) electrons. The number of para-hydroxylation sites is 2. The summed E-state index contributed by atoms with van der Waals surface area (Å²) in [5.74, 6) is -1.16. The van der Waals surface area contributed by atoms with E-state index in [9.17, 15) is 19.2 Å². The monoisotopic (exact) mass is 904 g/mol. The first-order valence-electron chi connectivity index (χ1n) is 15.1. The molecule has 0 saturated carbocycles. The lowest BCUT2D eigenvalue weighted by Gasteiger charge is -2.09. The van der Waals surface area contributed by atoms with Gasteiger partial charge >= 0.3 is 0 Å². The van der Waals surface area contributed by atoms with Crippen molar-refractivity contribution in [2.75, 3.05) is 0 Å². The summed E-state index contributed by atoms with van der Waals surface area (Å²) in [5.41, 5.74) is 3.86. The number of pyridine rings is 1. The molecule has 5 heterocycles. The number of carbonyl (C=O) groups excluding carboxylic acids is 4. The number of nitrogens with one attached hydrogen (secondary N) is 2. The third-order valence-corrected chi connectivity index (χ3v) is 10.0. The predicted molar refractivity (Wildman–Crippen MR) is 221 cm³/mol. The quantitative estimate of drug-likeness (QED) is 0.0982. The molecule has 266 valence electrons. The molecule has 3 aromatic heterocycles. The number of rotatable bonds is 2. The fourth-order valence-corrected chi connectivity index (χ4v) is 7.65. The number of amides is 4. The number of nitrogens with zero attached hydrogens (tertiary/aromatic N) is 4. The van der Waals surface area contributed by atoms with Gasteiger partial charge in [0.1, 0.15) is 0 Å². The van der Waals surface area contributed by atoms with Crippen molar-refractivity contribution >= 4 is 119 Å². The fourth-order valence-electron chi connectivity index (χ4n) is 4.54. The Morgan fingerprint density at radius 3 is 1.68 bits per heavy atom. The highest BCUT2D eigenvalue weighted by Crippen LogP contribution is 2.36. The second-order valence-corrected chi connectivity index (χ2v) is 14.0. The Morgan fingerprint density at radius 2 is 1.19 bits per heavy atom. The van der Waals surface area contributed by atoms with Crippen molar-refractivity contribution < 1.29 is 19.2 Å². The van der Waals surface area contributed by atoms with Crippen LogP contribution < -0.4 is 5.32 Å². The number of hydrogen-bond acceptors (Lipinski definition) is 11. The summed E-state index contributed by atoms with van der Waals surface area (Å²) in [6.07, 6.45) is 3.50. The molecule has 0 spiro atoms. The summed E-state index contributed by atoms with van der Waals surface area (Å²) in [7, 11) is 0. The van der Waals surface area contributed by atoms with Crippen LogP contribution in [-0.2, 0) is 0 Å². The first kappa shape index (κ1) is 40.9. The lowest BCUT2D eigenvalue weighted by molar-refractivity contribution is 0.0774. The SMILES string of the molecule is BrBr.CC#N.O=C1NC(=O)c2ccccc21.O=C1c2ccccc2C(=O)N1Sc1nc2ccccc2s1.S=c1[nH]c2ccccc2s1.c1ccncc1. The van der Waals surface area contributed by atoms with Crippen molar-refractivity contribution in [3.8, 4) is 6.07 Å². The average Bonchev–Trinajstić information content (AvgIpc) is 3.93. The molecule has 10 nitrogen and oxygen atoms in total. The number of carbonyl (C=O) groups is 4. The molecule has 4 amide bonds. The van der Waals surface area contributed by atoms with Crippen molar-refractivity contribution in [2.24, 2.45) is 0 Å². The molecule has 9 rings (SSSR count). The molecule has 2 N–H and O–H groups in total. The van der Waals surface area contributed by atoms with Gasteiger partial charge in [0.25, 0.3) is 23.6 Å². The lowest BCUT2D eigenvalue weighted by Crippen LogP contribution is -2.21. The number of hydrogen-bond donors (Lipinski definition) is 2. The number of aromatic nitrogens is 3. The predicted octanol–water partition coefficient (Wildman–Crippen LogP) is 10.4. The van der Waals surface area contributed by atoms with Crippen molar-refractivity contribution in [1.29, 1.82) is 5.26 Å². The van der Waals surface area contributed by atoms with Crippen LogP contribution in [-0.4, -0.2) is 42.9 Å². The highest BCUT2D eigenvalue weighted by Gasteiger charge is 2.36. The van der Waals surface area contributed by atoms with Gasteiger partial charge in [-0.25, -0.2) is 9.29 Å². The van der Waals surface area contributed by atoms with E-state index in [0.29, 0.717) is 26.6 Å². The second-order valence-electron chi connectivity index (χ2n) is 10.1. The van der Waals surface area contributed by atoms with Crippen LogP contribution in [0.25, 0.3) is 20.4 Å². The molecule has 0 unspecified atom stereocenters. The van der Waals surface area contributed by atoms with E-state index >= 15 is 0 Å². The van der Waals surface area contributed by atoms with Gasteiger partial charge in [-0.05, 0) is 72.9 Å². The Morgan fingerprint density at radius 1 is 0.698 bits per heavy atom. The highest BCUT2D eigenvalue weighted by atomic mass is 80.9. The fraction of sp³-hybridized carbons (Fsp3) is 0.0270. The van der Waals surface area contributed by atoms with Crippen molar-refractivity contribution in [3.05, 3.63) is 154 Å². The maximum absolute atomic E-state index is 12.3. The lowest BCUT2D eigenvalue weighted by atomic mass is 10.1. The first-order valence-corrected chi connectivity index (χ1v) is 21.7. The zero-order valence-corrected chi connectivity index (χ0v) is 33.9. The number of aromatic amines is 1. The van der Waals surface area contributed by atoms with Gasteiger partial charge in [-0.15, -0.1) is 22.7 Å². The topological polar surface area (TPSA) is 149 Å². The first-order chi connectivity index (χ1) is 25.8. The Bertz CT molecular complexity index is 2280. The molecule has 2 aliphatic heterocycles. The number of H-pyrrole nitrogens is 1. The smallest absolute Gasteiger partial charge is 0.272 e. The summed E-state index contributed by atoms with van der Waals surface area (Å²) in [6, 6.07) is 36.9. The summed E-state index contributed by atoms with van der Waals surface area (Å²) in [5, 5.41) is 9.52. The molecular weight excluding hydrogens is 881 g/mol. The maximum atomic E-state index is 12.3. The van der Waals surface area contributed by atoms with E-state index in [1.165, 1.54) is 27.3 Å². The van der Waals surface area contributed by atoms with Crippen LogP contribution in [0.3, 0.4) is 0 Å². The molecule has 4 aromatic carbocycles. The largest absolute Gasteiger partial charge is 0.337 e. The standard InChI is InChI=1S/C15H8N2O2S2.C8H5NO2.C7H5NS2.C5H5N.C2H3N.Br2/c18-13-9-5-1-2-6-10(9)14(19)17(13)21-15-16-11-7-3-4-8-12(11)20-15;10-7-5-3-1-2-4-6(5)8(11)9-7;9-7-8-5-3-1-2-4-6(5)10-7;1-2-4-6-5-3-1;1-2-3;1-2/h1-8H;1-4H,(H,9,10,11);1-4H,(H,8,9);1-5H;1H3;. The van der Waals surface area contributed by atoms with E-state index in [1.807, 2.05) is 60.7 Å². The Labute approximate surface area is 336 Å². The summed E-state index contributed by atoms with van der Waals surface area (Å²) < 4.78 is 4.98. The van der Waals surface area contributed by atoms with Crippen molar-refractivity contribution in [2.45, 2.75) is 11.3 Å². The van der Waals surface area contributed by atoms with Crippen LogP contribution in [0.4, 0.5) is 0 Å². The zero-order valence-electron chi connectivity index (χ0n) is 27.4. The Kier molecular flexibility index (Phi) is 16.2. The second kappa shape index (κ2) is 21.0.